The third-order valence-electron chi connectivity index (χ3n) is 2.41. The molecule has 17 heavy (non-hydrogen) atoms. The number of hydrogen-bond donors (Lipinski definition) is 0. The Balaban J connectivity index is 2.38. The number of aromatic nitrogens is 2. The number of hydrogen-bond acceptors (Lipinski definition) is 2. The molecule has 0 N–H and O–H groups in total. The van der Waals surface area contributed by atoms with Crippen LogP contribution in [0.3, 0.4) is 0 Å². The van der Waals surface area contributed by atoms with Crippen molar-refractivity contribution in [2.24, 2.45) is 0 Å². The summed E-state index contributed by atoms with van der Waals surface area (Å²) in [6.07, 6.45) is 10.5. The minimum atomic E-state index is 0.876. The normalized spacial score (nSPS) is 10.4. The molecule has 0 saturated carbocycles. The quantitative estimate of drug-likeness (QED) is 0.727. The van der Waals surface area contributed by atoms with Crippen LogP contribution in [-0.2, 0) is 0 Å². The molecule has 0 bridgehead atoms. The lowest BCUT2D eigenvalue weighted by molar-refractivity contribution is 1.17. The molecule has 0 saturated heterocycles. The first-order chi connectivity index (χ1) is 8.31. The molecule has 0 radical (unpaired) electrons. The molecule has 2 heteroatoms. The zero-order valence-electron chi connectivity index (χ0n) is 9.59. The molecular formula is C15H12N2. The number of allylic oxidation sites excluding steroid dienone is 1. The summed E-state index contributed by atoms with van der Waals surface area (Å²) in [6.45, 7) is 1.96. The summed E-state index contributed by atoms with van der Waals surface area (Å²) >= 11 is 0. The maximum atomic E-state index is 5.18. The first-order valence-corrected chi connectivity index (χ1v) is 5.33. The van der Waals surface area contributed by atoms with Gasteiger partial charge in [-0.2, -0.15) is 0 Å². The van der Waals surface area contributed by atoms with Crippen LogP contribution in [0.25, 0.3) is 17.5 Å². The van der Waals surface area contributed by atoms with Crippen molar-refractivity contribution in [3.05, 3.63) is 53.9 Å². The largest absolute Gasteiger partial charge is 0.255 e. The SMILES string of the molecule is C#C/C=C\c1ccc(-c2ccccn2)nc1C. The highest BCUT2D eigenvalue weighted by Crippen LogP contribution is 2.17. The number of aryl methyl sites for hydroxylation is 1. The van der Waals surface area contributed by atoms with Gasteiger partial charge in [0.1, 0.15) is 0 Å². The summed E-state index contributed by atoms with van der Waals surface area (Å²) < 4.78 is 0. The predicted octanol–water partition coefficient (Wildman–Crippen LogP) is 3.10. The average molecular weight is 220 g/mol. The lowest BCUT2D eigenvalue weighted by atomic mass is 10.1. The second-order valence-corrected chi connectivity index (χ2v) is 3.59. The molecule has 0 aliphatic heterocycles. The van der Waals surface area contributed by atoms with Gasteiger partial charge in [-0.15, -0.1) is 6.42 Å². The maximum Gasteiger partial charge on any atom is 0.0889 e. The van der Waals surface area contributed by atoms with E-state index in [9.17, 15) is 0 Å². The van der Waals surface area contributed by atoms with Crippen LogP contribution < -0.4 is 0 Å². The van der Waals surface area contributed by atoms with Crippen LogP contribution in [-0.4, -0.2) is 9.97 Å². The van der Waals surface area contributed by atoms with Gasteiger partial charge in [-0.1, -0.05) is 18.1 Å². The molecule has 0 atom stereocenters. The van der Waals surface area contributed by atoms with E-state index in [-0.39, 0.29) is 0 Å². The number of rotatable bonds is 2. The van der Waals surface area contributed by atoms with Crippen molar-refractivity contribution < 1.29 is 0 Å². The molecule has 2 nitrogen and oxygen atoms in total. The summed E-state index contributed by atoms with van der Waals surface area (Å²) in [5.41, 5.74) is 3.73. The Labute approximate surface area is 101 Å². The van der Waals surface area contributed by atoms with Crippen molar-refractivity contribution in [1.82, 2.24) is 9.97 Å². The van der Waals surface area contributed by atoms with E-state index in [0.29, 0.717) is 0 Å². The molecule has 0 unspecified atom stereocenters. The molecule has 0 spiro atoms. The second-order valence-electron chi connectivity index (χ2n) is 3.59. The molecular weight excluding hydrogens is 208 g/mol. The van der Waals surface area contributed by atoms with Crippen LogP contribution >= 0.6 is 0 Å². The van der Waals surface area contributed by atoms with E-state index < -0.39 is 0 Å². The molecule has 2 aromatic heterocycles. The molecule has 0 aliphatic carbocycles. The Kier molecular flexibility index (Phi) is 3.32. The van der Waals surface area contributed by atoms with Gasteiger partial charge in [-0.25, -0.2) is 0 Å². The van der Waals surface area contributed by atoms with Gasteiger partial charge in [0, 0.05) is 11.9 Å². The minimum absolute atomic E-state index is 0.876. The first-order valence-electron chi connectivity index (χ1n) is 5.33. The molecule has 0 fully saturated rings. The van der Waals surface area contributed by atoms with Gasteiger partial charge in [0.2, 0.25) is 0 Å². The lowest BCUT2D eigenvalue weighted by Gasteiger charge is -2.03. The number of terminal acetylenes is 1. The summed E-state index contributed by atoms with van der Waals surface area (Å²) in [4.78, 5) is 8.78. The minimum Gasteiger partial charge on any atom is -0.255 e. The fourth-order valence-corrected chi connectivity index (χ4v) is 1.54. The summed E-state index contributed by atoms with van der Waals surface area (Å²) in [7, 11) is 0. The molecule has 2 aromatic rings. The Morgan fingerprint density at radius 1 is 1.18 bits per heavy atom. The highest BCUT2D eigenvalue weighted by Gasteiger charge is 2.02. The molecule has 82 valence electrons. The van der Waals surface area contributed by atoms with Crippen molar-refractivity contribution in [2.75, 3.05) is 0 Å². The van der Waals surface area contributed by atoms with Crippen LogP contribution in [0, 0.1) is 19.3 Å². The molecule has 0 amide bonds. The van der Waals surface area contributed by atoms with E-state index in [4.69, 9.17) is 6.42 Å². The van der Waals surface area contributed by atoms with E-state index in [1.165, 1.54) is 0 Å². The van der Waals surface area contributed by atoms with Gasteiger partial charge in [0.15, 0.2) is 0 Å². The van der Waals surface area contributed by atoms with Gasteiger partial charge in [-0.05, 0) is 42.8 Å². The molecule has 2 rings (SSSR count). The third-order valence-corrected chi connectivity index (χ3v) is 2.41. The monoisotopic (exact) mass is 220 g/mol. The van der Waals surface area contributed by atoms with Crippen LogP contribution in [0.15, 0.2) is 42.6 Å². The van der Waals surface area contributed by atoms with E-state index in [1.54, 1.807) is 12.3 Å². The molecule has 0 aromatic carbocycles. The average Bonchev–Trinajstić information content (AvgIpc) is 2.38. The van der Waals surface area contributed by atoms with E-state index in [0.717, 1.165) is 22.6 Å². The number of pyridine rings is 2. The van der Waals surface area contributed by atoms with Gasteiger partial charge < -0.3 is 0 Å². The van der Waals surface area contributed by atoms with Gasteiger partial charge in [0.25, 0.3) is 0 Å². The first kappa shape index (κ1) is 11.1. The summed E-state index contributed by atoms with van der Waals surface area (Å²) in [6, 6.07) is 9.73. The Morgan fingerprint density at radius 3 is 2.71 bits per heavy atom. The molecule has 2 heterocycles. The van der Waals surface area contributed by atoms with Crippen molar-refractivity contribution in [2.45, 2.75) is 6.92 Å². The summed E-state index contributed by atoms with van der Waals surface area (Å²) in [5.74, 6) is 2.47. The third kappa shape index (κ3) is 2.59. The van der Waals surface area contributed by atoms with Crippen molar-refractivity contribution in [3.8, 4) is 23.7 Å². The maximum absolute atomic E-state index is 5.18. The Bertz CT molecular complexity index is 578. The van der Waals surface area contributed by atoms with Crippen LogP contribution in [0.1, 0.15) is 11.3 Å². The van der Waals surface area contributed by atoms with E-state index >= 15 is 0 Å². The molecule has 0 aliphatic rings. The van der Waals surface area contributed by atoms with Crippen LogP contribution in [0.4, 0.5) is 0 Å². The highest BCUT2D eigenvalue weighted by atomic mass is 14.8. The highest BCUT2D eigenvalue weighted by molar-refractivity contribution is 5.60. The topological polar surface area (TPSA) is 25.8 Å². The van der Waals surface area contributed by atoms with Crippen LogP contribution in [0.5, 0.6) is 0 Å². The standard InChI is InChI=1S/C15H12N2/c1-3-4-7-13-9-10-15(17-12(13)2)14-8-5-6-11-16-14/h1,4-11H,2H3/b7-4-. The van der Waals surface area contributed by atoms with Crippen LogP contribution in [0.2, 0.25) is 0 Å². The fourth-order valence-electron chi connectivity index (χ4n) is 1.54. The predicted molar refractivity (Wildman–Crippen MR) is 70.1 cm³/mol. The summed E-state index contributed by atoms with van der Waals surface area (Å²) in [5, 5.41) is 0. The smallest absolute Gasteiger partial charge is 0.0889 e. The number of nitrogens with zero attached hydrogens (tertiary/aromatic N) is 2. The fraction of sp³-hybridized carbons (Fsp3) is 0.0667. The van der Waals surface area contributed by atoms with Gasteiger partial charge in [0.05, 0.1) is 11.4 Å². The van der Waals surface area contributed by atoms with Gasteiger partial charge >= 0.3 is 0 Å². The van der Waals surface area contributed by atoms with E-state index in [2.05, 4.69) is 15.9 Å². The Hall–Kier alpha value is -2.40. The zero-order chi connectivity index (χ0) is 12.1. The van der Waals surface area contributed by atoms with Crippen molar-refractivity contribution >= 4 is 6.08 Å². The van der Waals surface area contributed by atoms with Crippen molar-refractivity contribution in [1.29, 1.82) is 0 Å². The Morgan fingerprint density at radius 2 is 2.06 bits per heavy atom. The van der Waals surface area contributed by atoms with Gasteiger partial charge in [-0.3, -0.25) is 9.97 Å². The lowest BCUT2D eigenvalue weighted by Crippen LogP contribution is -1.91. The second kappa shape index (κ2) is 5.09. The van der Waals surface area contributed by atoms with E-state index in [1.807, 2.05) is 43.3 Å². The zero-order valence-corrected chi connectivity index (χ0v) is 9.59. The van der Waals surface area contributed by atoms with Crippen molar-refractivity contribution in [3.63, 3.8) is 0 Å².